The van der Waals surface area contributed by atoms with Crippen molar-refractivity contribution in [2.75, 3.05) is 26.1 Å². The third kappa shape index (κ3) is 3.61. The maximum atomic E-state index is 11.6. The maximum Gasteiger partial charge on any atom is 0.238 e. The number of nitrogens with one attached hydrogen (secondary N) is 2. The Hall–Kier alpha value is -2.99. The van der Waals surface area contributed by atoms with Crippen molar-refractivity contribution in [3.8, 4) is 22.8 Å². The summed E-state index contributed by atoms with van der Waals surface area (Å²) in [5.41, 5.74) is 10.4. The number of fused-ring (bicyclic) bond motifs is 1. The third-order valence-electron chi connectivity index (χ3n) is 4.56. The summed E-state index contributed by atoms with van der Waals surface area (Å²) >= 11 is 0. The van der Waals surface area contributed by atoms with Crippen LogP contribution in [0.1, 0.15) is 25.3 Å². The number of amides is 1. The second-order valence-corrected chi connectivity index (χ2v) is 6.65. The molecular formula is C21H25N3O3. The predicted octanol–water partition coefficient (Wildman–Crippen LogP) is 3.87. The van der Waals surface area contributed by atoms with Crippen molar-refractivity contribution in [1.82, 2.24) is 4.98 Å². The van der Waals surface area contributed by atoms with Gasteiger partial charge >= 0.3 is 0 Å². The Balaban J connectivity index is 2.15. The summed E-state index contributed by atoms with van der Waals surface area (Å²) in [6, 6.07) is 11.7. The van der Waals surface area contributed by atoms with Gasteiger partial charge in [0.2, 0.25) is 5.91 Å². The molecule has 0 spiro atoms. The number of aromatic nitrogens is 1. The molecule has 0 saturated heterocycles. The van der Waals surface area contributed by atoms with E-state index in [0.717, 1.165) is 27.8 Å². The van der Waals surface area contributed by atoms with Gasteiger partial charge in [-0.2, -0.15) is 0 Å². The summed E-state index contributed by atoms with van der Waals surface area (Å²) in [7, 11) is 3.25. The van der Waals surface area contributed by atoms with Crippen LogP contribution in [0.4, 0.5) is 5.69 Å². The van der Waals surface area contributed by atoms with E-state index in [2.05, 4.69) is 24.1 Å². The van der Waals surface area contributed by atoms with Gasteiger partial charge in [0, 0.05) is 22.2 Å². The Morgan fingerprint density at radius 1 is 1.11 bits per heavy atom. The van der Waals surface area contributed by atoms with Gasteiger partial charge in [0.25, 0.3) is 0 Å². The highest BCUT2D eigenvalue weighted by Gasteiger charge is 2.18. The molecule has 0 saturated carbocycles. The van der Waals surface area contributed by atoms with Crippen LogP contribution >= 0.6 is 0 Å². The lowest BCUT2D eigenvalue weighted by Gasteiger charge is -2.12. The molecule has 142 valence electrons. The molecule has 0 aliphatic rings. The van der Waals surface area contributed by atoms with E-state index in [1.54, 1.807) is 14.2 Å². The molecule has 0 radical (unpaired) electrons. The summed E-state index contributed by atoms with van der Waals surface area (Å²) in [5, 5.41) is 3.89. The van der Waals surface area contributed by atoms with Crippen LogP contribution in [0.25, 0.3) is 22.2 Å². The van der Waals surface area contributed by atoms with E-state index in [0.29, 0.717) is 11.5 Å². The third-order valence-corrected chi connectivity index (χ3v) is 4.56. The average Bonchev–Trinajstić information content (AvgIpc) is 3.06. The minimum absolute atomic E-state index is 0.0426. The number of benzene rings is 2. The van der Waals surface area contributed by atoms with E-state index in [-0.39, 0.29) is 18.4 Å². The van der Waals surface area contributed by atoms with Crippen LogP contribution < -0.4 is 20.5 Å². The maximum absolute atomic E-state index is 11.6. The van der Waals surface area contributed by atoms with Crippen molar-refractivity contribution in [1.29, 1.82) is 0 Å². The fourth-order valence-electron chi connectivity index (χ4n) is 3.32. The van der Waals surface area contributed by atoms with Crippen molar-refractivity contribution < 1.29 is 14.3 Å². The first kappa shape index (κ1) is 18.8. The van der Waals surface area contributed by atoms with Crippen molar-refractivity contribution in [3.63, 3.8) is 0 Å². The Labute approximate surface area is 158 Å². The molecule has 0 unspecified atom stereocenters. The summed E-state index contributed by atoms with van der Waals surface area (Å²) in [5.74, 6) is 1.44. The number of anilines is 1. The average molecular weight is 367 g/mol. The molecular weight excluding hydrogens is 342 g/mol. The number of carbonyl (C=O) groups excluding carboxylic acids is 1. The largest absolute Gasteiger partial charge is 0.493 e. The van der Waals surface area contributed by atoms with Gasteiger partial charge in [0.1, 0.15) is 0 Å². The van der Waals surface area contributed by atoms with E-state index in [4.69, 9.17) is 15.2 Å². The number of nitrogens with two attached hydrogens (primary N) is 1. The number of H-pyrrole nitrogens is 1. The first-order chi connectivity index (χ1) is 13.0. The fourth-order valence-corrected chi connectivity index (χ4v) is 3.32. The standard InChI is InChI=1S/C21H25N3O3/c1-12(2)20-15-10-14(23-19(25)11-22)6-7-16(15)24-21(20)13-5-8-17(26-3)18(9-13)27-4/h5-10,12,24H,11,22H2,1-4H3,(H,23,25). The van der Waals surface area contributed by atoms with Gasteiger partial charge in [-0.1, -0.05) is 13.8 Å². The quantitative estimate of drug-likeness (QED) is 0.617. The van der Waals surface area contributed by atoms with Crippen LogP contribution in [0.5, 0.6) is 11.5 Å². The molecule has 0 atom stereocenters. The van der Waals surface area contributed by atoms with Crippen molar-refractivity contribution in [2.45, 2.75) is 19.8 Å². The molecule has 3 rings (SSSR count). The molecule has 0 aliphatic carbocycles. The van der Waals surface area contributed by atoms with E-state index in [9.17, 15) is 4.79 Å². The Morgan fingerprint density at radius 3 is 2.48 bits per heavy atom. The van der Waals surface area contributed by atoms with E-state index in [1.165, 1.54) is 5.56 Å². The fraction of sp³-hybridized carbons (Fsp3) is 0.286. The Kier molecular flexibility index (Phi) is 5.37. The molecule has 2 aromatic carbocycles. The number of ether oxygens (including phenoxy) is 2. The van der Waals surface area contributed by atoms with E-state index < -0.39 is 0 Å². The summed E-state index contributed by atoms with van der Waals surface area (Å²) in [6.07, 6.45) is 0. The van der Waals surface area contributed by atoms with Gasteiger partial charge in [-0.3, -0.25) is 4.79 Å². The molecule has 1 amide bonds. The Bertz CT molecular complexity index is 976. The van der Waals surface area contributed by atoms with Crippen LogP contribution in [0, 0.1) is 0 Å². The molecule has 6 nitrogen and oxygen atoms in total. The van der Waals surface area contributed by atoms with Gasteiger partial charge < -0.3 is 25.5 Å². The van der Waals surface area contributed by atoms with Crippen LogP contribution in [0.3, 0.4) is 0 Å². The van der Waals surface area contributed by atoms with Crippen molar-refractivity contribution in [2.24, 2.45) is 5.73 Å². The van der Waals surface area contributed by atoms with E-state index in [1.807, 2.05) is 36.4 Å². The first-order valence-corrected chi connectivity index (χ1v) is 8.86. The van der Waals surface area contributed by atoms with Crippen LogP contribution in [-0.2, 0) is 4.79 Å². The molecule has 27 heavy (non-hydrogen) atoms. The lowest BCUT2D eigenvalue weighted by Crippen LogP contribution is -2.21. The van der Waals surface area contributed by atoms with Crippen molar-refractivity contribution >= 4 is 22.5 Å². The van der Waals surface area contributed by atoms with Gasteiger partial charge in [-0.15, -0.1) is 0 Å². The van der Waals surface area contributed by atoms with Crippen molar-refractivity contribution in [3.05, 3.63) is 42.0 Å². The zero-order valence-electron chi connectivity index (χ0n) is 16.1. The normalized spacial score (nSPS) is 11.0. The zero-order valence-corrected chi connectivity index (χ0v) is 16.1. The topological polar surface area (TPSA) is 89.4 Å². The summed E-state index contributed by atoms with van der Waals surface area (Å²) in [4.78, 5) is 15.1. The first-order valence-electron chi connectivity index (χ1n) is 8.86. The van der Waals surface area contributed by atoms with Gasteiger partial charge in [-0.05, 0) is 47.9 Å². The Morgan fingerprint density at radius 2 is 1.85 bits per heavy atom. The number of hydrogen-bond acceptors (Lipinski definition) is 4. The molecule has 1 aromatic heterocycles. The van der Waals surface area contributed by atoms with Gasteiger partial charge in [0.05, 0.1) is 26.5 Å². The molecule has 3 aromatic rings. The molecule has 0 fully saturated rings. The number of aromatic amines is 1. The van der Waals surface area contributed by atoms with Gasteiger partial charge in [0.15, 0.2) is 11.5 Å². The second kappa shape index (κ2) is 7.72. The van der Waals surface area contributed by atoms with Crippen LogP contribution in [0.2, 0.25) is 0 Å². The monoisotopic (exact) mass is 367 g/mol. The minimum atomic E-state index is -0.212. The van der Waals surface area contributed by atoms with Crippen LogP contribution in [-0.4, -0.2) is 31.7 Å². The summed E-state index contributed by atoms with van der Waals surface area (Å²) in [6.45, 7) is 4.26. The predicted molar refractivity (Wildman–Crippen MR) is 109 cm³/mol. The number of hydrogen-bond donors (Lipinski definition) is 3. The SMILES string of the molecule is COc1ccc(-c2[nH]c3ccc(NC(=O)CN)cc3c2C(C)C)cc1OC. The molecule has 6 heteroatoms. The van der Waals surface area contributed by atoms with Gasteiger partial charge in [-0.25, -0.2) is 0 Å². The number of carbonyl (C=O) groups is 1. The number of methoxy groups -OCH3 is 2. The zero-order chi connectivity index (χ0) is 19.6. The number of rotatable bonds is 6. The lowest BCUT2D eigenvalue weighted by atomic mass is 9.95. The minimum Gasteiger partial charge on any atom is -0.493 e. The molecule has 0 bridgehead atoms. The summed E-state index contributed by atoms with van der Waals surface area (Å²) < 4.78 is 10.8. The molecule has 0 aliphatic heterocycles. The smallest absolute Gasteiger partial charge is 0.238 e. The highest BCUT2D eigenvalue weighted by atomic mass is 16.5. The highest BCUT2D eigenvalue weighted by molar-refractivity contribution is 5.98. The van der Waals surface area contributed by atoms with Crippen LogP contribution in [0.15, 0.2) is 36.4 Å². The molecule has 4 N–H and O–H groups in total. The highest BCUT2D eigenvalue weighted by Crippen LogP contribution is 2.39. The lowest BCUT2D eigenvalue weighted by molar-refractivity contribution is -0.114. The second-order valence-electron chi connectivity index (χ2n) is 6.65. The van der Waals surface area contributed by atoms with E-state index >= 15 is 0 Å². The molecule has 1 heterocycles.